The minimum absolute atomic E-state index is 0.113. The third-order valence-corrected chi connectivity index (χ3v) is 6.00. The molecule has 0 bridgehead atoms. The van der Waals surface area contributed by atoms with E-state index in [-0.39, 0.29) is 12.1 Å². The van der Waals surface area contributed by atoms with Crippen molar-refractivity contribution in [2.45, 2.75) is 52.7 Å². The van der Waals surface area contributed by atoms with Gasteiger partial charge in [0.05, 0.1) is 19.1 Å². The molecule has 4 heterocycles. The molecule has 0 atom stereocenters. The Morgan fingerprint density at radius 2 is 2.11 bits per heavy atom. The van der Waals surface area contributed by atoms with Crippen LogP contribution < -0.4 is 10.1 Å². The van der Waals surface area contributed by atoms with E-state index in [1.807, 2.05) is 49.4 Å². The lowest BCUT2D eigenvalue weighted by atomic mass is 10.1. The molecule has 5 rings (SSSR count). The van der Waals surface area contributed by atoms with E-state index in [2.05, 4.69) is 26.6 Å². The van der Waals surface area contributed by atoms with E-state index in [4.69, 9.17) is 14.5 Å². The number of nitrogens with zero attached hydrogens (tertiary/aromatic N) is 5. The van der Waals surface area contributed by atoms with Crippen LogP contribution in [0.25, 0.3) is 16.8 Å². The van der Waals surface area contributed by atoms with Gasteiger partial charge in [0.2, 0.25) is 5.95 Å². The SMILES string of the molecule is Cc1nc(CCC(=O)OC(C)C)ccc1-c1cnc(NCc2cccc3c2CCO3)n2cnnc12. The standard InChI is InChI=1S/C26H28N6O3/c1-16(2)35-24(33)10-8-19-7-9-20(17(3)30-19)22-14-28-26(32-15-29-31-25(22)32)27-13-18-5-4-6-23-21(18)11-12-34-23/h4-7,9,14-16H,8,10-13H2,1-3H3,(H,27,28). The van der Waals surface area contributed by atoms with Gasteiger partial charge in [-0.2, -0.15) is 0 Å². The van der Waals surface area contributed by atoms with E-state index < -0.39 is 0 Å². The molecule has 1 aliphatic rings. The first kappa shape index (κ1) is 22.8. The van der Waals surface area contributed by atoms with Gasteiger partial charge in [0.1, 0.15) is 12.1 Å². The molecule has 4 aromatic rings. The number of esters is 1. The average molecular weight is 473 g/mol. The maximum Gasteiger partial charge on any atom is 0.306 e. The van der Waals surface area contributed by atoms with Crippen molar-refractivity contribution in [3.05, 3.63) is 65.4 Å². The average Bonchev–Trinajstić information content (AvgIpc) is 3.51. The third kappa shape index (κ3) is 4.80. The summed E-state index contributed by atoms with van der Waals surface area (Å²) in [6.07, 6.45) is 5.10. The molecule has 0 unspecified atom stereocenters. The van der Waals surface area contributed by atoms with Crippen molar-refractivity contribution in [2.24, 2.45) is 0 Å². The topological polar surface area (TPSA) is 104 Å². The molecule has 1 aromatic carbocycles. The molecular weight excluding hydrogens is 444 g/mol. The molecule has 0 fully saturated rings. The summed E-state index contributed by atoms with van der Waals surface area (Å²) < 4.78 is 12.7. The van der Waals surface area contributed by atoms with Crippen molar-refractivity contribution in [2.75, 3.05) is 11.9 Å². The number of nitrogens with one attached hydrogen (secondary N) is 1. The normalized spacial score (nSPS) is 12.6. The van der Waals surface area contributed by atoms with E-state index in [0.29, 0.717) is 31.0 Å². The Kier molecular flexibility index (Phi) is 6.31. The number of fused-ring (bicyclic) bond motifs is 2. The van der Waals surface area contributed by atoms with Crippen LogP contribution in [0.15, 0.2) is 42.9 Å². The summed E-state index contributed by atoms with van der Waals surface area (Å²) in [5, 5.41) is 11.9. The number of ether oxygens (including phenoxy) is 2. The summed E-state index contributed by atoms with van der Waals surface area (Å²) in [7, 11) is 0. The maximum atomic E-state index is 11.9. The molecule has 0 saturated carbocycles. The van der Waals surface area contributed by atoms with E-state index >= 15 is 0 Å². The zero-order valence-electron chi connectivity index (χ0n) is 20.1. The molecule has 9 nitrogen and oxygen atoms in total. The van der Waals surface area contributed by atoms with Gasteiger partial charge < -0.3 is 14.8 Å². The van der Waals surface area contributed by atoms with Gasteiger partial charge in [0.15, 0.2) is 5.65 Å². The summed E-state index contributed by atoms with van der Waals surface area (Å²) in [4.78, 5) is 21.2. The zero-order valence-corrected chi connectivity index (χ0v) is 20.1. The van der Waals surface area contributed by atoms with Crippen LogP contribution in [0.2, 0.25) is 0 Å². The lowest BCUT2D eigenvalue weighted by Gasteiger charge is -2.13. The van der Waals surface area contributed by atoms with Crippen molar-refractivity contribution < 1.29 is 14.3 Å². The largest absolute Gasteiger partial charge is 0.493 e. The van der Waals surface area contributed by atoms with Crippen molar-refractivity contribution in [1.82, 2.24) is 24.6 Å². The van der Waals surface area contributed by atoms with Crippen LogP contribution in [0.4, 0.5) is 5.95 Å². The number of rotatable bonds is 8. The van der Waals surface area contributed by atoms with E-state index in [1.165, 1.54) is 11.1 Å². The second kappa shape index (κ2) is 9.69. The summed E-state index contributed by atoms with van der Waals surface area (Å²) in [5.74, 6) is 1.41. The zero-order chi connectivity index (χ0) is 24.4. The van der Waals surface area contributed by atoms with Gasteiger partial charge >= 0.3 is 5.97 Å². The lowest BCUT2D eigenvalue weighted by molar-refractivity contribution is -0.147. The number of benzene rings is 1. The van der Waals surface area contributed by atoms with Crippen molar-refractivity contribution in [1.29, 1.82) is 0 Å². The monoisotopic (exact) mass is 472 g/mol. The number of pyridine rings is 1. The molecule has 0 saturated heterocycles. The molecule has 1 N–H and O–H groups in total. The number of carbonyl (C=O) groups is 1. The highest BCUT2D eigenvalue weighted by Gasteiger charge is 2.17. The van der Waals surface area contributed by atoms with Gasteiger partial charge in [-0.1, -0.05) is 18.2 Å². The summed E-state index contributed by atoms with van der Waals surface area (Å²) in [5.41, 5.74) is 6.59. The molecular formula is C26H28N6O3. The second-order valence-corrected chi connectivity index (χ2v) is 8.84. The van der Waals surface area contributed by atoms with Crippen LogP contribution in [-0.4, -0.2) is 43.2 Å². The van der Waals surface area contributed by atoms with Gasteiger partial charge in [-0.05, 0) is 38.5 Å². The first-order chi connectivity index (χ1) is 17.0. The molecule has 0 aliphatic carbocycles. The Bertz CT molecular complexity index is 1380. The number of anilines is 1. The smallest absolute Gasteiger partial charge is 0.306 e. The summed E-state index contributed by atoms with van der Waals surface area (Å²) in [6.45, 7) is 6.99. The molecule has 0 spiro atoms. The van der Waals surface area contributed by atoms with Gasteiger partial charge in [-0.15, -0.1) is 10.2 Å². The van der Waals surface area contributed by atoms with Crippen LogP contribution in [0.1, 0.15) is 42.8 Å². The number of aromatic nitrogens is 5. The Morgan fingerprint density at radius 3 is 2.94 bits per heavy atom. The predicted molar refractivity (Wildman–Crippen MR) is 131 cm³/mol. The van der Waals surface area contributed by atoms with Crippen LogP contribution >= 0.6 is 0 Å². The lowest BCUT2D eigenvalue weighted by Crippen LogP contribution is -2.12. The Labute approximate surface area is 203 Å². The third-order valence-electron chi connectivity index (χ3n) is 6.00. The highest BCUT2D eigenvalue weighted by Crippen LogP contribution is 2.30. The Morgan fingerprint density at radius 1 is 1.23 bits per heavy atom. The van der Waals surface area contributed by atoms with Crippen molar-refractivity contribution >= 4 is 17.6 Å². The Hall–Kier alpha value is -4.01. The van der Waals surface area contributed by atoms with E-state index in [0.717, 1.165) is 41.3 Å². The van der Waals surface area contributed by atoms with Crippen LogP contribution in [0.5, 0.6) is 5.75 Å². The number of carbonyl (C=O) groups excluding carboxylic acids is 1. The van der Waals surface area contributed by atoms with Crippen molar-refractivity contribution in [3.8, 4) is 16.9 Å². The molecule has 35 heavy (non-hydrogen) atoms. The van der Waals surface area contributed by atoms with Crippen LogP contribution in [0, 0.1) is 6.92 Å². The van der Waals surface area contributed by atoms with Crippen molar-refractivity contribution in [3.63, 3.8) is 0 Å². The van der Waals surface area contributed by atoms with Gasteiger partial charge in [0.25, 0.3) is 0 Å². The molecule has 0 amide bonds. The van der Waals surface area contributed by atoms with Gasteiger partial charge in [-0.3, -0.25) is 14.2 Å². The minimum Gasteiger partial charge on any atom is -0.493 e. The maximum absolute atomic E-state index is 11.9. The number of hydrogen-bond donors (Lipinski definition) is 1. The summed E-state index contributed by atoms with van der Waals surface area (Å²) >= 11 is 0. The molecule has 180 valence electrons. The number of aryl methyl sites for hydroxylation is 2. The second-order valence-electron chi connectivity index (χ2n) is 8.84. The van der Waals surface area contributed by atoms with Gasteiger partial charge in [0, 0.05) is 53.7 Å². The quantitative estimate of drug-likeness (QED) is 0.385. The highest BCUT2D eigenvalue weighted by atomic mass is 16.5. The first-order valence-electron chi connectivity index (χ1n) is 11.8. The van der Waals surface area contributed by atoms with Crippen LogP contribution in [-0.2, 0) is 28.9 Å². The molecule has 1 aliphatic heterocycles. The highest BCUT2D eigenvalue weighted by molar-refractivity contribution is 5.79. The fraction of sp³-hybridized carbons (Fsp3) is 0.346. The fourth-order valence-electron chi connectivity index (χ4n) is 4.36. The van der Waals surface area contributed by atoms with E-state index in [1.54, 1.807) is 12.5 Å². The Balaban J connectivity index is 1.35. The van der Waals surface area contributed by atoms with E-state index in [9.17, 15) is 4.79 Å². The predicted octanol–water partition coefficient (Wildman–Crippen LogP) is 3.93. The number of hydrogen-bond acceptors (Lipinski definition) is 8. The fourth-order valence-corrected chi connectivity index (χ4v) is 4.36. The molecule has 9 heteroatoms. The molecule has 3 aromatic heterocycles. The van der Waals surface area contributed by atoms with Crippen LogP contribution in [0.3, 0.4) is 0 Å². The first-order valence-corrected chi connectivity index (χ1v) is 11.8. The molecule has 0 radical (unpaired) electrons. The summed E-state index contributed by atoms with van der Waals surface area (Å²) in [6, 6.07) is 10.1. The minimum atomic E-state index is -0.214. The van der Waals surface area contributed by atoms with Gasteiger partial charge in [-0.25, -0.2) is 4.98 Å².